The third-order valence-electron chi connectivity index (χ3n) is 2.20. The van der Waals surface area contributed by atoms with Crippen LogP contribution in [-0.4, -0.2) is 32.0 Å². The number of nitrogens with one attached hydrogen (secondary N) is 3. The number of amides is 2. The molecule has 0 unspecified atom stereocenters. The van der Waals surface area contributed by atoms with Gasteiger partial charge < -0.3 is 10.6 Å². The summed E-state index contributed by atoms with van der Waals surface area (Å²) in [6, 6.07) is 3.93. The number of rotatable bonds is 6. The van der Waals surface area contributed by atoms with E-state index in [-0.39, 0.29) is 30.9 Å². The zero-order valence-corrected chi connectivity index (χ0v) is 10.8. The first-order chi connectivity index (χ1) is 8.13. The van der Waals surface area contributed by atoms with E-state index >= 15 is 0 Å². The topological polar surface area (TPSA) is 70.2 Å². The molecule has 0 saturated heterocycles. The molecular formula is C11H17N3O2S. The van der Waals surface area contributed by atoms with Crippen molar-refractivity contribution in [1.29, 1.82) is 0 Å². The molecule has 94 valence electrons. The largest absolute Gasteiger partial charge is 0.358 e. The molecule has 5 nitrogen and oxygen atoms in total. The highest BCUT2D eigenvalue weighted by molar-refractivity contribution is 7.10. The van der Waals surface area contributed by atoms with Gasteiger partial charge in [-0.2, -0.15) is 0 Å². The highest BCUT2D eigenvalue weighted by Gasteiger charge is 2.09. The van der Waals surface area contributed by atoms with Crippen molar-refractivity contribution in [1.82, 2.24) is 16.0 Å². The molecule has 0 aromatic carbocycles. The van der Waals surface area contributed by atoms with Gasteiger partial charge in [-0.25, -0.2) is 0 Å². The Labute approximate surface area is 105 Å². The summed E-state index contributed by atoms with van der Waals surface area (Å²) in [5.74, 6) is -0.251. The maximum Gasteiger partial charge on any atom is 0.234 e. The van der Waals surface area contributed by atoms with Gasteiger partial charge in [-0.05, 0) is 18.4 Å². The Morgan fingerprint density at radius 2 is 2.06 bits per heavy atom. The van der Waals surface area contributed by atoms with Gasteiger partial charge >= 0.3 is 0 Å². The van der Waals surface area contributed by atoms with Crippen LogP contribution in [0.3, 0.4) is 0 Å². The molecule has 2 amide bonds. The molecule has 0 bridgehead atoms. The molecule has 1 heterocycles. The highest BCUT2D eigenvalue weighted by atomic mass is 32.1. The predicted octanol–water partition coefficient (Wildman–Crippen LogP) is 0.261. The van der Waals surface area contributed by atoms with Gasteiger partial charge in [0, 0.05) is 11.9 Å². The first-order valence-electron chi connectivity index (χ1n) is 5.37. The van der Waals surface area contributed by atoms with E-state index in [0.717, 1.165) is 4.88 Å². The predicted molar refractivity (Wildman–Crippen MR) is 67.8 cm³/mol. The van der Waals surface area contributed by atoms with Crippen LogP contribution in [0.25, 0.3) is 0 Å². The number of carbonyl (C=O) groups is 2. The van der Waals surface area contributed by atoms with Crippen LogP contribution < -0.4 is 16.0 Å². The Balaban J connectivity index is 2.23. The van der Waals surface area contributed by atoms with Crippen molar-refractivity contribution in [3.63, 3.8) is 0 Å². The van der Waals surface area contributed by atoms with E-state index in [4.69, 9.17) is 0 Å². The zero-order valence-electron chi connectivity index (χ0n) is 9.95. The normalized spacial score (nSPS) is 11.9. The molecule has 0 radical (unpaired) electrons. The summed E-state index contributed by atoms with van der Waals surface area (Å²) in [4.78, 5) is 23.5. The molecule has 0 aliphatic carbocycles. The summed E-state index contributed by atoms with van der Waals surface area (Å²) in [7, 11) is 1.56. The molecule has 0 spiro atoms. The van der Waals surface area contributed by atoms with Crippen LogP contribution in [0.15, 0.2) is 17.5 Å². The van der Waals surface area contributed by atoms with Crippen LogP contribution in [-0.2, 0) is 9.59 Å². The molecule has 17 heavy (non-hydrogen) atoms. The van der Waals surface area contributed by atoms with Crippen LogP contribution in [0.2, 0.25) is 0 Å². The van der Waals surface area contributed by atoms with Crippen LogP contribution >= 0.6 is 11.3 Å². The lowest BCUT2D eigenvalue weighted by atomic mass is 10.3. The summed E-state index contributed by atoms with van der Waals surface area (Å²) < 4.78 is 0. The standard InChI is InChI=1S/C11H17N3O2S/c1-8(9-4-3-5-17-9)14-11(16)7-13-6-10(15)12-2/h3-5,8,13H,6-7H2,1-2H3,(H,12,15)(H,14,16)/t8-/m1/s1. The van der Waals surface area contributed by atoms with Crippen molar-refractivity contribution in [2.24, 2.45) is 0 Å². The fraction of sp³-hybridized carbons (Fsp3) is 0.455. The fourth-order valence-electron chi connectivity index (χ4n) is 1.28. The fourth-order valence-corrected chi connectivity index (χ4v) is 2.01. The lowest BCUT2D eigenvalue weighted by Crippen LogP contribution is -2.39. The van der Waals surface area contributed by atoms with Gasteiger partial charge in [0.1, 0.15) is 0 Å². The van der Waals surface area contributed by atoms with Crippen molar-refractivity contribution in [3.05, 3.63) is 22.4 Å². The molecule has 1 atom stereocenters. The Bertz CT molecular complexity index is 365. The van der Waals surface area contributed by atoms with Crippen LogP contribution in [0.1, 0.15) is 17.8 Å². The third-order valence-corrected chi connectivity index (χ3v) is 3.25. The number of hydrogen-bond donors (Lipinski definition) is 3. The lowest BCUT2D eigenvalue weighted by molar-refractivity contribution is -0.121. The molecule has 0 saturated carbocycles. The van der Waals surface area contributed by atoms with Crippen LogP contribution in [0.4, 0.5) is 0 Å². The van der Waals surface area contributed by atoms with Crippen molar-refractivity contribution < 1.29 is 9.59 Å². The van der Waals surface area contributed by atoms with Gasteiger partial charge in [-0.15, -0.1) is 11.3 Å². The van der Waals surface area contributed by atoms with E-state index in [2.05, 4.69) is 16.0 Å². The first-order valence-corrected chi connectivity index (χ1v) is 6.25. The van der Waals surface area contributed by atoms with Crippen molar-refractivity contribution >= 4 is 23.2 Å². The van der Waals surface area contributed by atoms with Gasteiger partial charge in [-0.3, -0.25) is 14.9 Å². The quantitative estimate of drug-likeness (QED) is 0.683. The van der Waals surface area contributed by atoms with Gasteiger partial charge in [0.25, 0.3) is 0 Å². The first kappa shape index (κ1) is 13.7. The monoisotopic (exact) mass is 255 g/mol. The summed E-state index contributed by atoms with van der Waals surface area (Å²) >= 11 is 1.61. The van der Waals surface area contributed by atoms with E-state index in [0.29, 0.717) is 0 Å². The zero-order chi connectivity index (χ0) is 12.7. The Morgan fingerprint density at radius 3 is 2.65 bits per heavy atom. The Kier molecular flexibility index (Phi) is 5.65. The minimum atomic E-state index is -0.135. The van der Waals surface area contributed by atoms with E-state index in [1.807, 2.05) is 24.4 Å². The minimum absolute atomic E-state index is 0.00398. The van der Waals surface area contributed by atoms with Crippen LogP contribution in [0, 0.1) is 0 Å². The summed E-state index contributed by atoms with van der Waals surface area (Å²) in [5.41, 5.74) is 0. The maximum absolute atomic E-state index is 11.5. The average molecular weight is 255 g/mol. The van der Waals surface area contributed by atoms with Crippen LogP contribution in [0.5, 0.6) is 0 Å². The molecule has 0 aliphatic heterocycles. The summed E-state index contributed by atoms with van der Waals surface area (Å²) in [6.07, 6.45) is 0. The van der Waals surface area contributed by atoms with E-state index in [1.54, 1.807) is 18.4 Å². The molecule has 1 aromatic rings. The van der Waals surface area contributed by atoms with Gasteiger partial charge in [0.15, 0.2) is 0 Å². The summed E-state index contributed by atoms with van der Waals surface area (Å²) in [6.45, 7) is 2.23. The van der Waals surface area contributed by atoms with Gasteiger partial charge in [-0.1, -0.05) is 6.07 Å². The second kappa shape index (κ2) is 7.03. The maximum atomic E-state index is 11.5. The SMILES string of the molecule is CNC(=O)CNCC(=O)N[C@H](C)c1cccs1. The van der Waals surface area contributed by atoms with Crippen molar-refractivity contribution in [2.45, 2.75) is 13.0 Å². The van der Waals surface area contributed by atoms with Gasteiger partial charge in [0.2, 0.25) is 11.8 Å². The Hall–Kier alpha value is -1.40. The highest BCUT2D eigenvalue weighted by Crippen LogP contribution is 2.17. The van der Waals surface area contributed by atoms with Crippen molar-refractivity contribution in [2.75, 3.05) is 20.1 Å². The minimum Gasteiger partial charge on any atom is -0.358 e. The van der Waals surface area contributed by atoms with E-state index < -0.39 is 0 Å². The van der Waals surface area contributed by atoms with Gasteiger partial charge in [0.05, 0.1) is 19.1 Å². The smallest absolute Gasteiger partial charge is 0.234 e. The third kappa shape index (κ3) is 4.97. The number of likely N-dealkylation sites (N-methyl/N-ethyl adjacent to an activating group) is 1. The average Bonchev–Trinajstić information content (AvgIpc) is 2.82. The van der Waals surface area contributed by atoms with E-state index in [9.17, 15) is 9.59 Å². The molecule has 0 aliphatic rings. The molecule has 3 N–H and O–H groups in total. The number of carbonyl (C=O) groups excluding carboxylic acids is 2. The molecule has 1 rings (SSSR count). The van der Waals surface area contributed by atoms with E-state index in [1.165, 1.54) is 0 Å². The summed E-state index contributed by atoms with van der Waals surface area (Å²) in [5, 5.41) is 10.1. The second-order valence-corrected chi connectivity index (χ2v) is 4.56. The van der Waals surface area contributed by atoms with Crippen molar-refractivity contribution in [3.8, 4) is 0 Å². The number of thiophene rings is 1. The molecular weight excluding hydrogens is 238 g/mol. The Morgan fingerprint density at radius 1 is 1.35 bits per heavy atom. The second-order valence-electron chi connectivity index (χ2n) is 3.58. The number of hydrogen-bond acceptors (Lipinski definition) is 4. The molecule has 6 heteroatoms. The molecule has 0 fully saturated rings. The lowest BCUT2D eigenvalue weighted by Gasteiger charge is -2.12. The molecule has 1 aromatic heterocycles.